The molecular weight excluding hydrogens is 373 g/mol. The largest absolute Gasteiger partial charge is 0.504 e. The SMILES string of the molecule is COC(=O)c1nc(C(=O)NS)c2cc(Cc3ccc(F)cc3)cnc2c1O. The minimum Gasteiger partial charge on any atom is -0.504 e. The van der Waals surface area contributed by atoms with Gasteiger partial charge in [0.25, 0.3) is 5.91 Å². The van der Waals surface area contributed by atoms with E-state index in [1.807, 2.05) is 0 Å². The van der Waals surface area contributed by atoms with Crippen LogP contribution in [0.2, 0.25) is 0 Å². The molecule has 0 saturated carbocycles. The lowest BCUT2D eigenvalue weighted by atomic mass is 10.0. The zero-order valence-corrected chi connectivity index (χ0v) is 15.0. The molecule has 0 atom stereocenters. The number of hydrogen-bond donors (Lipinski definition) is 3. The van der Waals surface area contributed by atoms with Crippen molar-refractivity contribution in [3.05, 3.63) is 64.9 Å². The highest BCUT2D eigenvalue weighted by Crippen LogP contribution is 2.29. The van der Waals surface area contributed by atoms with Crippen molar-refractivity contribution in [3.8, 4) is 5.75 Å². The van der Waals surface area contributed by atoms with Crippen molar-refractivity contribution in [2.24, 2.45) is 0 Å². The van der Waals surface area contributed by atoms with Gasteiger partial charge in [0.05, 0.1) is 7.11 Å². The normalized spacial score (nSPS) is 10.6. The van der Waals surface area contributed by atoms with E-state index < -0.39 is 23.3 Å². The molecule has 0 aliphatic rings. The molecule has 2 heterocycles. The van der Waals surface area contributed by atoms with Crippen LogP contribution in [0.25, 0.3) is 10.9 Å². The lowest BCUT2D eigenvalue weighted by Crippen LogP contribution is -2.18. The van der Waals surface area contributed by atoms with Crippen molar-refractivity contribution in [1.29, 1.82) is 0 Å². The second-order valence-corrected chi connectivity index (χ2v) is 5.86. The number of methoxy groups -OCH3 is 1. The number of ether oxygens (including phenoxy) is 1. The predicted octanol–water partition coefficient (Wildman–Crippen LogP) is 2.43. The van der Waals surface area contributed by atoms with E-state index in [-0.39, 0.29) is 22.4 Å². The van der Waals surface area contributed by atoms with Crippen molar-refractivity contribution in [2.45, 2.75) is 6.42 Å². The number of hydrogen-bond acceptors (Lipinski definition) is 7. The zero-order chi connectivity index (χ0) is 19.6. The summed E-state index contributed by atoms with van der Waals surface area (Å²) in [5.41, 5.74) is 1.01. The van der Waals surface area contributed by atoms with Gasteiger partial charge in [0.1, 0.15) is 17.0 Å². The van der Waals surface area contributed by atoms with Crippen LogP contribution in [0.15, 0.2) is 36.5 Å². The molecule has 0 aliphatic heterocycles. The molecule has 0 aliphatic carbocycles. The van der Waals surface area contributed by atoms with Gasteiger partial charge < -0.3 is 9.84 Å². The monoisotopic (exact) mass is 387 g/mol. The van der Waals surface area contributed by atoms with Crippen molar-refractivity contribution < 1.29 is 23.8 Å². The van der Waals surface area contributed by atoms with Crippen molar-refractivity contribution in [3.63, 3.8) is 0 Å². The minimum absolute atomic E-state index is 0.0280. The van der Waals surface area contributed by atoms with Crippen LogP contribution in [0.5, 0.6) is 5.75 Å². The lowest BCUT2D eigenvalue weighted by molar-refractivity contribution is 0.0590. The number of benzene rings is 1. The highest BCUT2D eigenvalue weighted by molar-refractivity contribution is 7.78. The minimum atomic E-state index is -0.903. The maximum atomic E-state index is 13.1. The van der Waals surface area contributed by atoms with E-state index in [1.165, 1.54) is 18.3 Å². The fraction of sp³-hybridized carbons (Fsp3) is 0.111. The number of carbonyl (C=O) groups excluding carboxylic acids is 2. The van der Waals surface area contributed by atoms with Crippen LogP contribution >= 0.6 is 12.8 Å². The molecule has 0 unspecified atom stereocenters. The first-order valence-corrected chi connectivity index (χ1v) is 8.18. The van der Waals surface area contributed by atoms with Crippen LogP contribution in [0.1, 0.15) is 32.1 Å². The Morgan fingerprint density at radius 2 is 1.93 bits per heavy atom. The van der Waals surface area contributed by atoms with E-state index in [1.54, 1.807) is 18.2 Å². The van der Waals surface area contributed by atoms with Gasteiger partial charge in [-0.3, -0.25) is 14.5 Å². The third kappa shape index (κ3) is 3.68. The summed E-state index contributed by atoms with van der Waals surface area (Å²) in [4.78, 5) is 32.1. The predicted molar refractivity (Wildman–Crippen MR) is 98.2 cm³/mol. The number of halogens is 1. The Kier molecular flexibility index (Phi) is 5.22. The first kappa shape index (κ1) is 18.6. The van der Waals surface area contributed by atoms with Crippen LogP contribution in [0, 0.1) is 5.82 Å². The molecule has 27 heavy (non-hydrogen) atoms. The van der Waals surface area contributed by atoms with E-state index in [4.69, 9.17) is 0 Å². The maximum absolute atomic E-state index is 13.1. The summed E-state index contributed by atoms with van der Waals surface area (Å²) >= 11 is 3.73. The molecule has 0 saturated heterocycles. The quantitative estimate of drug-likeness (QED) is 0.470. The Morgan fingerprint density at radius 1 is 1.22 bits per heavy atom. The van der Waals surface area contributed by atoms with Crippen LogP contribution in [0.4, 0.5) is 4.39 Å². The summed E-state index contributed by atoms with van der Waals surface area (Å²) in [5, 5.41) is 10.6. The standard InChI is InChI=1S/C18H14FN3O4S/c1-26-18(25)15-16(23)13-12(14(21-15)17(24)22-27)7-10(8-20-13)6-9-2-4-11(19)5-3-9/h2-5,7-8,23,27H,6H2,1H3,(H,22,24). The van der Waals surface area contributed by atoms with E-state index in [0.717, 1.165) is 12.7 Å². The average molecular weight is 387 g/mol. The molecule has 0 radical (unpaired) electrons. The number of thiol groups is 1. The number of esters is 1. The number of aromatic hydroxyl groups is 1. The molecule has 1 aromatic carbocycles. The summed E-state index contributed by atoms with van der Waals surface area (Å²) < 4.78 is 19.8. The Hall–Kier alpha value is -3.20. The van der Waals surface area contributed by atoms with Crippen LogP contribution in [-0.2, 0) is 11.2 Å². The number of fused-ring (bicyclic) bond motifs is 1. The molecule has 0 bridgehead atoms. The summed E-state index contributed by atoms with van der Waals surface area (Å²) in [6.45, 7) is 0. The lowest BCUT2D eigenvalue weighted by Gasteiger charge is -2.11. The molecule has 3 rings (SSSR count). The number of nitrogens with zero attached hydrogens (tertiary/aromatic N) is 2. The molecule has 9 heteroatoms. The Labute approximate surface area is 158 Å². The van der Waals surface area contributed by atoms with Crippen molar-refractivity contribution in [1.82, 2.24) is 14.7 Å². The van der Waals surface area contributed by atoms with Gasteiger partial charge in [-0.15, -0.1) is 0 Å². The number of pyridine rings is 2. The number of amides is 1. The molecule has 138 valence electrons. The van der Waals surface area contributed by atoms with Gasteiger partial charge in [-0.1, -0.05) is 24.9 Å². The highest BCUT2D eigenvalue weighted by atomic mass is 32.1. The molecule has 0 spiro atoms. The van der Waals surface area contributed by atoms with Crippen LogP contribution in [-0.4, -0.2) is 34.1 Å². The Morgan fingerprint density at radius 3 is 2.56 bits per heavy atom. The topological polar surface area (TPSA) is 101 Å². The summed E-state index contributed by atoms with van der Waals surface area (Å²) in [6.07, 6.45) is 1.92. The van der Waals surface area contributed by atoms with E-state index in [2.05, 4.69) is 32.2 Å². The van der Waals surface area contributed by atoms with Gasteiger partial charge in [0.2, 0.25) is 0 Å². The molecule has 0 fully saturated rings. The van der Waals surface area contributed by atoms with Gasteiger partial charge in [-0.25, -0.2) is 14.2 Å². The summed E-state index contributed by atoms with van der Waals surface area (Å²) in [5.74, 6) is -2.40. The van der Waals surface area contributed by atoms with Gasteiger partial charge >= 0.3 is 5.97 Å². The third-order valence-corrected chi connectivity index (χ3v) is 4.09. The number of nitrogens with one attached hydrogen (secondary N) is 1. The second kappa shape index (κ2) is 7.58. The van der Waals surface area contributed by atoms with Gasteiger partial charge in [-0.2, -0.15) is 0 Å². The van der Waals surface area contributed by atoms with E-state index in [9.17, 15) is 19.1 Å². The van der Waals surface area contributed by atoms with Crippen molar-refractivity contribution >= 4 is 35.6 Å². The van der Waals surface area contributed by atoms with Crippen molar-refractivity contribution in [2.75, 3.05) is 7.11 Å². The van der Waals surface area contributed by atoms with Gasteiger partial charge in [0, 0.05) is 11.6 Å². The van der Waals surface area contributed by atoms with Gasteiger partial charge in [-0.05, 0) is 35.7 Å². The average Bonchev–Trinajstić information content (AvgIpc) is 2.69. The molecular formula is C18H14FN3O4S. The number of aromatic nitrogens is 2. The fourth-order valence-electron chi connectivity index (χ4n) is 2.61. The molecule has 1 amide bonds. The highest BCUT2D eigenvalue weighted by Gasteiger charge is 2.23. The first-order chi connectivity index (χ1) is 12.9. The Bertz CT molecular complexity index is 1040. The number of carbonyl (C=O) groups is 2. The first-order valence-electron chi connectivity index (χ1n) is 7.73. The van der Waals surface area contributed by atoms with Gasteiger partial charge in [0.15, 0.2) is 11.4 Å². The number of rotatable bonds is 4. The fourth-order valence-corrected chi connectivity index (χ4v) is 2.72. The second-order valence-electron chi connectivity index (χ2n) is 5.63. The summed E-state index contributed by atoms with van der Waals surface area (Å²) in [7, 11) is 1.13. The Balaban J connectivity index is 2.15. The van der Waals surface area contributed by atoms with E-state index >= 15 is 0 Å². The molecule has 2 aromatic heterocycles. The van der Waals surface area contributed by atoms with Crippen LogP contribution < -0.4 is 4.72 Å². The smallest absolute Gasteiger partial charge is 0.360 e. The third-order valence-electron chi connectivity index (χ3n) is 3.89. The maximum Gasteiger partial charge on any atom is 0.360 e. The molecule has 3 aromatic rings. The zero-order valence-electron chi connectivity index (χ0n) is 14.1. The van der Waals surface area contributed by atoms with Crippen LogP contribution in [0.3, 0.4) is 0 Å². The summed E-state index contributed by atoms with van der Waals surface area (Å²) in [6, 6.07) is 7.59. The molecule has 2 N–H and O–H groups in total. The molecule has 7 nitrogen and oxygen atoms in total. The van der Waals surface area contributed by atoms with E-state index in [0.29, 0.717) is 12.0 Å².